The number of ether oxygens (including phenoxy) is 2. The summed E-state index contributed by atoms with van der Waals surface area (Å²) >= 11 is 3.48. The molecule has 2 aliphatic carbocycles. The van der Waals surface area contributed by atoms with Crippen LogP contribution in [0, 0.1) is 17.8 Å². The molecular formula is C16H17BrO3. The maximum Gasteiger partial charge on any atom is 0.309 e. The van der Waals surface area contributed by atoms with Gasteiger partial charge in [-0.05, 0) is 59.3 Å². The summed E-state index contributed by atoms with van der Waals surface area (Å²) in [5, 5.41) is 0. The monoisotopic (exact) mass is 336 g/mol. The number of hydrogen-bond acceptors (Lipinski definition) is 3. The summed E-state index contributed by atoms with van der Waals surface area (Å²) in [7, 11) is 0. The molecule has 106 valence electrons. The van der Waals surface area contributed by atoms with E-state index in [1.807, 2.05) is 31.2 Å². The van der Waals surface area contributed by atoms with E-state index in [2.05, 4.69) is 28.1 Å². The average molecular weight is 337 g/mol. The zero-order chi connectivity index (χ0) is 14.1. The first-order valence-corrected chi connectivity index (χ1v) is 7.76. The lowest BCUT2D eigenvalue weighted by Gasteiger charge is -2.18. The molecular weight excluding hydrogens is 320 g/mol. The second kappa shape index (κ2) is 5.60. The van der Waals surface area contributed by atoms with Crippen molar-refractivity contribution in [2.75, 3.05) is 6.61 Å². The largest absolute Gasteiger partial charge is 0.485 e. The lowest BCUT2D eigenvalue weighted by Crippen LogP contribution is -2.17. The number of para-hydroxylation sites is 1. The van der Waals surface area contributed by atoms with E-state index in [9.17, 15) is 4.79 Å². The molecule has 4 atom stereocenters. The van der Waals surface area contributed by atoms with Crippen molar-refractivity contribution in [3.05, 3.63) is 40.9 Å². The Kier molecular flexibility index (Phi) is 3.83. The zero-order valence-corrected chi connectivity index (χ0v) is 12.9. The summed E-state index contributed by atoms with van der Waals surface area (Å²) in [5.41, 5.74) is 0. The number of carbonyl (C=O) groups is 1. The maximum atomic E-state index is 11.8. The van der Waals surface area contributed by atoms with Crippen molar-refractivity contribution >= 4 is 21.9 Å². The molecule has 0 unspecified atom stereocenters. The second-order valence-electron chi connectivity index (χ2n) is 5.23. The quantitative estimate of drug-likeness (QED) is 0.622. The molecule has 1 saturated carbocycles. The van der Waals surface area contributed by atoms with Gasteiger partial charge in [0.15, 0.2) is 0 Å². The Bertz CT molecular complexity index is 540. The molecule has 0 aromatic heterocycles. The Morgan fingerprint density at radius 3 is 2.90 bits per heavy atom. The van der Waals surface area contributed by atoms with E-state index in [0.29, 0.717) is 18.4 Å². The maximum absolute atomic E-state index is 11.8. The van der Waals surface area contributed by atoms with Crippen molar-refractivity contribution in [2.24, 2.45) is 17.8 Å². The van der Waals surface area contributed by atoms with Gasteiger partial charge in [0.1, 0.15) is 11.9 Å². The molecule has 2 aliphatic rings. The predicted octanol–water partition coefficient (Wildman–Crippen LogP) is 3.58. The molecule has 1 fully saturated rings. The van der Waals surface area contributed by atoms with Gasteiger partial charge < -0.3 is 9.47 Å². The summed E-state index contributed by atoms with van der Waals surface area (Å²) in [6, 6.07) is 7.82. The first kappa shape index (κ1) is 13.7. The van der Waals surface area contributed by atoms with Crippen LogP contribution in [0.5, 0.6) is 5.75 Å². The van der Waals surface area contributed by atoms with Crippen LogP contribution < -0.4 is 4.74 Å². The van der Waals surface area contributed by atoms with Crippen molar-refractivity contribution in [3.8, 4) is 5.75 Å². The minimum atomic E-state index is -0.0614. The number of halogens is 1. The van der Waals surface area contributed by atoms with Crippen LogP contribution in [-0.2, 0) is 9.53 Å². The highest BCUT2D eigenvalue weighted by atomic mass is 79.9. The van der Waals surface area contributed by atoms with Crippen molar-refractivity contribution in [2.45, 2.75) is 19.4 Å². The molecule has 4 heteroatoms. The normalized spacial score (nSPS) is 30.5. The smallest absolute Gasteiger partial charge is 0.309 e. The molecule has 0 N–H and O–H groups in total. The number of hydrogen-bond donors (Lipinski definition) is 0. The van der Waals surface area contributed by atoms with Crippen LogP contribution in [-0.4, -0.2) is 18.7 Å². The number of carbonyl (C=O) groups excluding carboxylic acids is 1. The fourth-order valence-corrected chi connectivity index (χ4v) is 3.31. The van der Waals surface area contributed by atoms with E-state index < -0.39 is 0 Å². The van der Waals surface area contributed by atoms with Crippen LogP contribution >= 0.6 is 15.9 Å². The van der Waals surface area contributed by atoms with Gasteiger partial charge in [-0.2, -0.15) is 0 Å². The molecule has 0 amide bonds. The summed E-state index contributed by atoms with van der Waals surface area (Å²) in [6.07, 6.45) is 5.10. The van der Waals surface area contributed by atoms with Crippen molar-refractivity contribution in [3.63, 3.8) is 0 Å². The molecule has 20 heavy (non-hydrogen) atoms. The number of benzene rings is 1. The highest BCUT2D eigenvalue weighted by Gasteiger charge is 2.56. The van der Waals surface area contributed by atoms with E-state index in [1.54, 1.807) is 0 Å². The molecule has 1 aromatic rings. The molecule has 0 aliphatic heterocycles. The molecule has 0 spiro atoms. The summed E-state index contributed by atoms with van der Waals surface area (Å²) in [5.74, 6) is 1.56. The van der Waals surface area contributed by atoms with Crippen LogP contribution in [0.3, 0.4) is 0 Å². The SMILES string of the molecule is CCOC(=O)[C@H]1[C@@H]2C=C[C@@H](Oc3ccccc3Br)C[C@@H]21. The van der Waals surface area contributed by atoms with Crippen molar-refractivity contribution in [1.82, 2.24) is 0 Å². The third kappa shape index (κ3) is 2.62. The Hall–Kier alpha value is -1.29. The van der Waals surface area contributed by atoms with Gasteiger partial charge in [0.05, 0.1) is 17.0 Å². The third-order valence-corrected chi connectivity index (χ3v) is 4.61. The van der Waals surface area contributed by atoms with Gasteiger partial charge >= 0.3 is 5.97 Å². The third-order valence-electron chi connectivity index (χ3n) is 3.96. The van der Waals surface area contributed by atoms with Crippen LogP contribution in [0.2, 0.25) is 0 Å². The minimum Gasteiger partial charge on any atom is -0.485 e. The number of esters is 1. The molecule has 0 radical (unpaired) electrons. The van der Waals surface area contributed by atoms with Crippen LogP contribution in [0.15, 0.2) is 40.9 Å². The zero-order valence-electron chi connectivity index (χ0n) is 11.3. The topological polar surface area (TPSA) is 35.5 Å². The Balaban J connectivity index is 1.61. The van der Waals surface area contributed by atoms with E-state index >= 15 is 0 Å². The molecule has 3 nitrogen and oxygen atoms in total. The van der Waals surface area contributed by atoms with Gasteiger partial charge in [-0.1, -0.05) is 18.2 Å². The Morgan fingerprint density at radius 1 is 1.35 bits per heavy atom. The van der Waals surface area contributed by atoms with Crippen molar-refractivity contribution in [1.29, 1.82) is 0 Å². The van der Waals surface area contributed by atoms with Gasteiger partial charge in [-0.15, -0.1) is 0 Å². The van der Waals surface area contributed by atoms with Crippen LogP contribution in [0.1, 0.15) is 13.3 Å². The summed E-state index contributed by atoms with van der Waals surface area (Å²) in [6.45, 7) is 2.30. The van der Waals surface area contributed by atoms with Crippen LogP contribution in [0.4, 0.5) is 0 Å². The van der Waals surface area contributed by atoms with Gasteiger partial charge in [0.25, 0.3) is 0 Å². The minimum absolute atomic E-state index is 0.0365. The number of rotatable bonds is 4. The van der Waals surface area contributed by atoms with E-state index in [4.69, 9.17) is 9.47 Å². The van der Waals surface area contributed by atoms with Gasteiger partial charge in [-0.3, -0.25) is 4.79 Å². The van der Waals surface area contributed by atoms with E-state index in [0.717, 1.165) is 16.6 Å². The fraction of sp³-hybridized carbons (Fsp3) is 0.438. The molecule has 3 rings (SSSR count). The standard InChI is InChI=1S/C16H17BrO3/c1-2-19-16(18)15-11-8-7-10(9-12(11)15)20-14-6-4-3-5-13(14)17/h3-8,10-12,15H,2,9H2,1H3/t10-,11-,12+,15+/m1/s1. The average Bonchev–Trinajstić information content (AvgIpc) is 3.15. The second-order valence-corrected chi connectivity index (χ2v) is 6.08. The molecule has 0 bridgehead atoms. The molecule has 0 heterocycles. The predicted molar refractivity (Wildman–Crippen MR) is 79.4 cm³/mol. The Morgan fingerprint density at radius 2 is 2.15 bits per heavy atom. The van der Waals surface area contributed by atoms with E-state index in [-0.39, 0.29) is 18.0 Å². The summed E-state index contributed by atoms with van der Waals surface area (Å²) in [4.78, 5) is 11.8. The number of fused-ring (bicyclic) bond motifs is 1. The lowest BCUT2D eigenvalue weighted by atomic mass is 10.1. The highest BCUT2D eigenvalue weighted by Crippen LogP contribution is 2.53. The fourth-order valence-electron chi connectivity index (χ4n) is 2.93. The molecule has 1 aromatic carbocycles. The number of allylic oxidation sites excluding steroid dienone is 1. The first-order valence-electron chi connectivity index (χ1n) is 6.97. The van der Waals surface area contributed by atoms with Crippen LogP contribution in [0.25, 0.3) is 0 Å². The van der Waals surface area contributed by atoms with Gasteiger partial charge in [-0.25, -0.2) is 0 Å². The van der Waals surface area contributed by atoms with Gasteiger partial charge in [0.2, 0.25) is 0 Å². The van der Waals surface area contributed by atoms with Crippen molar-refractivity contribution < 1.29 is 14.3 Å². The molecule has 0 saturated heterocycles. The first-order chi connectivity index (χ1) is 9.70. The Labute approximate surface area is 127 Å². The highest BCUT2D eigenvalue weighted by molar-refractivity contribution is 9.10. The van der Waals surface area contributed by atoms with Gasteiger partial charge in [0, 0.05) is 0 Å². The summed E-state index contributed by atoms with van der Waals surface area (Å²) < 4.78 is 12.0. The van der Waals surface area contributed by atoms with E-state index in [1.165, 1.54) is 0 Å². The lowest BCUT2D eigenvalue weighted by molar-refractivity contribution is -0.145.